The Bertz CT molecular complexity index is 399. The summed E-state index contributed by atoms with van der Waals surface area (Å²) >= 11 is 0. The van der Waals surface area contributed by atoms with Crippen molar-refractivity contribution in [3.8, 4) is 0 Å². The summed E-state index contributed by atoms with van der Waals surface area (Å²) < 4.78 is 81.1. The Morgan fingerprint density at radius 2 is 1.06 bits per heavy atom. The lowest BCUT2D eigenvalue weighted by Crippen LogP contribution is -2.09. The van der Waals surface area contributed by atoms with Crippen LogP contribution >= 0.6 is 0 Å². The lowest BCUT2D eigenvalue weighted by Gasteiger charge is -2.02. The average Bonchev–Trinajstić information content (AvgIpc) is 2.17. The van der Waals surface area contributed by atoms with Crippen molar-refractivity contribution in [1.82, 2.24) is 0 Å². The van der Waals surface area contributed by atoms with Crippen molar-refractivity contribution in [3.05, 3.63) is 0 Å². The molecular formula is C6H12F4N2O4S2. The van der Waals surface area contributed by atoms with Crippen LogP contribution in [0.4, 0.5) is 15.5 Å². The van der Waals surface area contributed by atoms with Gasteiger partial charge in [0.05, 0.1) is 39.5 Å². The van der Waals surface area contributed by atoms with Gasteiger partial charge in [-0.2, -0.15) is 17.1 Å². The summed E-state index contributed by atoms with van der Waals surface area (Å²) in [5.41, 5.74) is 0. The number of halogens is 4. The molecule has 0 aliphatic rings. The van der Waals surface area contributed by atoms with E-state index in [0.717, 1.165) is 0 Å². The van der Waals surface area contributed by atoms with Gasteiger partial charge in [0.2, 0.25) is 0 Å². The van der Waals surface area contributed by atoms with Gasteiger partial charge in [-0.05, 0) is 0 Å². The van der Waals surface area contributed by atoms with Crippen LogP contribution in [0.25, 0.3) is 0 Å². The maximum atomic E-state index is 11.7. The van der Waals surface area contributed by atoms with Gasteiger partial charge in [-0.15, -0.1) is 0 Å². The quantitative estimate of drug-likeness (QED) is 0.367. The molecule has 0 N–H and O–H groups in total. The molecule has 0 rings (SSSR count). The van der Waals surface area contributed by atoms with E-state index in [0.29, 0.717) is 0 Å². The van der Waals surface area contributed by atoms with Gasteiger partial charge in [-0.3, -0.25) is 0 Å². The summed E-state index contributed by atoms with van der Waals surface area (Å²) in [5, 5.41) is 0. The molecule has 0 aromatic rings. The van der Waals surface area contributed by atoms with Gasteiger partial charge in [0.25, 0.3) is 0 Å². The first-order valence-corrected chi connectivity index (χ1v) is 7.23. The molecule has 0 bridgehead atoms. The molecule has 0 heterocycles. The molecule has 0 aromatic heterocycles. The Hall–Kier alpha value is -0.460. The van der Waals surface area contributed by atoms with Crippen LogP contribution in [0, 0.1) is 0 Å². The van der Waals surface area contributed by atoms with Crippen molar-refractivity contribution < 1.29 is 33.4 Å². The number of hydrogen-bond acceptors (Lipinski definition) is 6. The molecule has 12 heteroatoms. The summed E-state index contributed by atoms with van der Waals surface area (Å²) in [5.74, 6) is 0. The van der Waals surface area contributed by atoms with E-state index in [9.17, 15) is 24.0 Å². The second-order valence-electron chi connectivity index (χ2n) is 2.72. The van der Waals surface area contributed by atoms with Crippen LogP contribution in [0.2, 0.25) is 0 Å². The van der Waals surface area contributed by atoms with E-state index in [2.05, 4.69) is 8.73 Å². The summed E-state index contributed by atoms with van der Waals surface area (Å²) in [6, 6.07) is 0. The fraction of sp³-hybridized carbons (Fsp3) is 1.00. The zero-order valence-electron chi connectivity index (χ0n) is 9.10. The third-order valence-electron chi connectivity index (χ3n) is 1.33. The number of rotatable bonds is 9. The molecule has 110 valence electrons. The first kappa shape index (κ1) is 17.5. The van der Waals surface area contributed by atoms with E-state index in [1.54, 1.807) is 0 Å². The van der Waals surface area contributed by atoms with Gasteiger partial charge in [0.15, 0.2) is 0 Å². The molecule has 0 amide bonds. The highest BCUT2D eigenvalue weighted by Gasteiger charge is 2.00. The van der Waals surface area contributed by atoms with Crippen LogP contribution in [0.15, 0.2) is 8.73 Å². The normalized spacial score (nSPS) is 12.4. The minimum atomic E-state index is -5.09. The van der Waals surface area contributed by atoms with Crippen LogP contribution in [0.3, 0.4) is 0 Å². The molecule has 6 nitrogen and oxygen atoms in total. The van der Waals surface area contributed by atoms with Gasteiger partial charge < -0.3 is 9.47 Å². The number of hydrogen-bond donors (Lipinski definition) is 0. The lowest BCUT2D eigenvalue weighted by molar-refractivity contribution is 0.0541. The van der Waals surface area contributed by atoms with Crippen LogP contribution < -0.4 is 0 Å². The van der Waals surface area contributed by atoms with E-state index in [1.165, 1.54) is 0 Å². The van der Waals surface area contributed by atoms with Crippen LogP contribution in [0.1, 0.15) is 0 Å². The van der Waals surface area contributed by atoms with E-state index in [-0.39, 0.29) is 26.4 Å². The molecule has 18 heavy (non-hydrogen) atoms. The first-order valence-electron chi connectivity index (χ1n) is 4.60. The minimum absolute atomic E-state index is 0.0376. The van der Waals surface area contributed by atoms with Crippen molar-refractivity contribution in [2.75, 3.05) is 39.5 Å². The smallest absolute Gasteiger partial charge is 0.366 e. The molecule has 0 atom stereocenters. The fourth-order valence-corrected chi connectivity index (χ4v) is 1.31. The minimum Gasteiger partial charge on any atom is -0.377 e. The van der Waals surface area contributed by atoms with E-state index < -0.39 is 34.1 Å². The van der Waals surface area contributed by atoms with Gasteiger partial charge in [0, 0.05) is 0 Å². The molecule has 0 aliphatic heterocycles. The third-order valence-corrected chi connectivity index (χ3v) is 2.29. The van der Waals surface area contributed by atoms with Crippen LogP contribution in [-0.4, -0.2) is 47.9 Å². The first-order chi connectivity index (χ1) is 8.21. The van der Waals surface area contributed by atoms with Gasteiger partial charge in [-0.1, -0.05) is 15.5 Å². The standard InChI is InChI=1S/C6H12F4N2O4S2/c7-17(8,13)11-1-3-15-5-6-16-4-2-12-18(9,10)14/h1-6H2. The zero-order valence-corrected chi connectivity index (χ0v) is 10.7. The monoisotopic (exact) mass is 316 g/mol. The maximum Gasteiger partial charge on any atom is 0.366 e. The van der Waals surface area contributed by atoms with Gasteiger partial charge in [-0.25, -0.2) is 0 Å². The van der Waals surface area contributed by atoms with Crippen molar-refractivity contribution in [3.63, 3.8) is 0 Å². The van der Waals surface area contributed by atoms with Crippen molar-refractivity contribution >= 4 is 21.0 Å². The predicted octanol–water partition coefficient (Wildman–Crippen LogP) is 1.49. The highest BCUT2D eigenvalue weighted by Crippen LogP contribution is 1.98. The maximum absolute atomic E-state index is 11.7. The second-order valence-corrected chi connectivity index (χ2v) is 4.83. The molecule has 0 spiro atoms. The Morgan fingerprint density at radius 1 is 0.722 bits per heavy atom. The van der Waals surface area contributed by atoms with Crippen molar-refractivity contribution in [2.24, 2.45) is 8.73 Å². The highest BCUT2D eigenvalue weighted by molar-refractivity contribution is 7.83. The molecule has 0 saturated carbocycles. The zero-order chi connectivity index (χ0) is 14.1. The number of nitrogens with zero attached hydrogens (tertiary/aromatic N) is 2. The molecule has 0 aliphatic carbocycles. The van der Waals surface area contributed by atoms with E-state index in [1.807, 2.05) is 0 Å². The topological polar surface area (TPSA) is 77.3 Å². The predicted molar refractivity (Wildman–Crippen MR) is 56.9 cm³/mol. The van der Waals surface area contributed by atoms with E-state index >= 15 is 0 Å². The van der Waals surface area contributed by atoms with E-state index in [4.69, 9.17) is 9.47 Å². The summed E-state index contributed by atoms with van der Waals surface area (Å²) in [7, 11) is -10.2. The molecule has 0 saturated heterocycles. The molecular weight excluding hydrogens is 304 g/mol. The fourth-order valence-electron chi connectivity index (χ4n) is 0.738. The van der Waals surface area contributed by atoms with Gasteiger partial charge >= 0.3 is 21.0 Å². The Balaban J connectivity index is 3.38. The number of ether oxygens (including phenoxy) is 2. The summed E-state index contributed by atoms with van der Waals surface area (Å²) in [6.07, 6.45) is 0. The van der Waals surface area contributed by atoms with Crippen LogP contribution in [0.5, 0.6) is 0 Å². The van der Waals surface area contributed by atoms with Crippen molar-refractivity contribution in [1.29, 1.82) is 0 Å². The summed E-state index contributed by atoms with van der Waals surface area (Å²) in [6.45, 7) is -1.05. The summed E-state index contributed by atoms with van der Waals surface area (Å²) in [4.78, 5) is 0. The third kappa shape index (κ3) is 15.5. The Morgan fingerprint density at radius 3 is 1.33 bits per heavy atom. The molecule has 0 unspecified atom stereocenters. The largest absolute Gasteiger partial charge is 0.377 e. The second kappa shape index (κ2) is 8.61. The van der Waals surface area contributed by atoms with Crippen molar-refractivity contribution in [2.45, 2.75) is 0 Å². The SMILES string of the molecule is O=S(F)(F)=NCCOCCOCCN=S(=O)(F)F. The Kier molecular flexibility index (Phi) is 8.39. The molecule has 0 aromatic carbocycles. The van der Waals surface area contributed by atoms with Gasteiger partial charge in [0.1, 0.15) is 0 Å². The average molecular weight is 316 g/mol. The highest BCUT2D eigenvalue weighted by atomic mass is 32.3. The van der Waals surface area contributed by atoms with Crippen LogP contribution in [-0.2, 0) is 30.5 Å². The Labute approximate surface area is 103 Å². The molecule has 0 radical (unpaired) electrons. The lowest BCUT2D eigenvalue weighted by atomic mass is 10.7. The molecule has 0 fully saturated rings.